The van der Waals surface area contributed by atoms with Crippen LogP contribution in [-0.2, 0) is 4.79 Å². The van der Waals surface area contributed by atoms with Gasteiger partial charge in [-0.2, -0.15) is 0 Å². The van der Waals surface area contributed by atoms with Gasteiger partial charge in [-0.15, -0.1) is 16.8 Å². The van der Waals surface area contributed by atoms with Crippen LogP contribution in [0.1, 0.15) is 16.8 Å². The first kappa shape index (κ1) is 27.6. The van der Waals surface area contributed by atoms with E-state index in [1.807, 2.05) is 30.3 Å². The number of hydrogen-bond acceptors (Lipinski definition) is 7. The summed E-state index contributed by atoms with van der Waals surface area (Å²) < 4.78 is 24.9. The van der Waals surface area contributed by atoms with E-state index >= 15 is 0 Å². The number of rotatable bonds is 9. The minimum atomic E-state index is -0.618. The molecule has 2 amide bonds. The van der Waals surface area contributed by atoms with E-state index in [-0.39, 0.29) is 24.6 Å². The van der Waals surface area contributed by atoms with Crippen LogP contribution in [0.3, 0.4) is 0 Å². The van der Waals surface area contributed by atoms with Crippen LogP contribution in [0.15, 0.2) is 67.3 Å². The van der Waals surface area contributed by atoms with Crippen molar-refractivity contribution in [1.29, 1.82) is 0 Å². The Morgan fingerprint density at radius 1 is 1.00 bits per heavy atom. The number of carbonyl (C=O) groups is 2. The van der Waals surface area contributed by atoms with Crippen LogP contribution in [-0.4, -0.2) is 85.3 Å². The Morgan fingerprint density at radius 2 is 1.79 bits per heavy atom. The number of amides is 2. The molecule has 4 rings (SSSR count). The molecule has 0 aliphatic carbocycles. The Labute approximate surface area is 227 Å². The number of nitrogens with zero attached hydrogens (tertiary/aromatic N) is 5. The van der Waals surface area contributed by atoms with Gasteiger partial charge in [0.25, 0.3) is 5.91 Å². The number of carbonyl (C=O) groups excluding carboxylic acids is 2. The SMILES string of the molecule is C=CCN(CC(=O)N1CCCN(c2ccc(-c3ccc(OC)c(OC)c3)nn2)CC1)C(=O)c1ccccc1F. The van der Waals surface area contributed by atoms with Crippen LogP contribution in [0.5, 0.6) is 11.5 Å². The minimum absolute atomic E-state index is 0.0655. The third kappa shape index (κ3) is 6.51. The van der Waals surface area contributed by atoms with Crippen molar-refractivity contribution in [3.05, 3.63) is 78.6 Å². The van der Waals surface area contributed by atoms with E-state index in [0.717, 1.165) is 17.8 Å². The van der Waals surface area contributed by atoms with E-state index in [4.69, 9.17) is 9.47 Å². The van der Waals surface area contributed by atoms with E-state index in [1.54, 1.807) is 25.2 Å². The monoisotopic (exact) mass is 533 g/mol. The standard InChI is InChI=1S/C29H32FN5O4/c1-4-14-35(29(37)22-8-5-6-9-23(22)30)20-28(36)34-16-7-15-33(17-18-34)27-13-11-24(31-32-27)21-10-12-25(38-2)26(19-21)39-3/h4-6,8-13,19H,1,7,14-18,20H2,2-3H3. The van der Waals surface area contributed by atoms with Crippen LogP contribution in [0.25, 0.3) is 11.3 Å². The van der Waals surface area contributed by atoms with Crippen molar-refractivity contribution in [3.8, 4) is 22.8 Å². The third-order valence-corrected chi connectivity index (χ3v) is 6.57. The Hall–Kier alpha value is -4.47. The predicted molar refractivity (Wildman–Crippen MR) is 146 cm³/mol. The second kappa shape index (κ2) is 12.9. The molecule has 39 heavy (non-hydrogen) atoms. The number of anilines is 1. The zero-order valence-corrected chi connectivity index (χ0v) is 22.2. The molecule has 0 N–H and O–H groups in total. The van der Waals surface area contributed by atoms with E-state index in [0.29, 0.717) is 43.4 Å². The fraction of sp³-hybridized carbons (Fsp3) is 0.310. The van der Waals surface area contributed by atoms with Gasteiger partial charge in [-0.25, -0.2) is 4.39 Å². The van der Waals surface area contributed by atoms with Crippen LogP contribution in [0, 0.1) is 5.82 Å². The molecule has 3 aromatic rings. The Balaban J connectivity index is 1.39. The first-order chi connectivity index (χ1) is 18.9. The van der Waals surface area contributed by atoms with E-state index in [1.165, 1.54) is 29.2 Å². The fourth-order valence-electron chi connectivity index (χ4n) is 4.48. The Kier molecular flexibility index (Phi) is 9.09. The average Bonchev–Trinajstić information content (AvgIpc) is 3.23. The summed E-state index contributed by atoms with van der Waals surface area (Å²) in [7, 11) is 3.17. The summed E-state index contributed by atoms with van der Waals surface area (Å²) in [5.41, 5.74) is 1.49. The molecule has 1 fully saturated rings. The largest absolute Gasteiger partial charge is 0.493 e. The lowest BCUT2D eigenvalue weighted by Gasteiger charge is -2.26. The number of halogens is 1. The summed E-state index contributed by atoms with van der Waals surface area (Å²) in [6.07, 6.45) is 2.26. The average molecular weight is 534 g/mol. The highest BCUT2D eigenvalue weighted by Gasteiger charge is 2.25. The number of benzene rings is 2. The highest BCUT2D eigenvalue weighted by Crippen LogP contribution is 2.31. The van der Waals surface area contributed by atoms with Crippen molar-refractivity contribution in [1.82, 2.24) is 20.0 Å². The molecule has 1 aliphatic heterocycles. The van der Waals surface area contributed by atoms with Crippen molar-refractivity contribution in [2.45, 2.75) is 6.42 Å². The van der Waals surface area contributed by atoms with Gasteiger partial charge in [0.2, 0.25) is 5.91 Å². The highest BCUT2D eigenvalue weighted by molar-refractivity contribution is 5.96. The quantitative estimate of drug-likeness (QED) is 0.388. The number of methoxy groups -OCH3 is 2. The van der Waals surface area contributed by atoms with Gasteiger partial charge in [-0.05, 0) is 48.9 Å². The van der Waals surface area contributed by atoms with Crippen molar-refractivity contribution in [3.63, 3.8) is 0 Å². The molecule has 0 unspecified atom stereocenters. The van der Waals surface area contributed by atoms with Gasteiger partial charge in [0.15, 0.2) is 17.3 Å². The molecule has 204 valence electrons. The van der Waals surface area contributed by atoms with Gasteiger partial charge in [-0.3, -0.25) is 9.59 Å². The van der Waals surface area contributed by atoms with E-state index in [2.05, 4.69) is 21.7 Å². The highest BCUT2D eigenvalue weighted by atomic mass is 19.1. The molecule has 0 spiro atoms. The summed E-state index contributed by atoms with van der Waals surface area (Å²) in [5.74, 6) is 0.615. The van der Waals surface area contributed by atoms with Gasteiger partial charge in [0, 0.05) is 38.3 Å². The van der Waals surface area contributed by atoms with Gasteiger partial charge in [0.1, 0.15) is 12.4 Å². The van der Waals surface area contributed by atoms with Crippen molar-refractivity contribution < 1.29 is 23.5 Å². The molecule has 10 heteroatoms. The summed E-state index contributed by atoms with van der Waals surface area (Å²) >= 11 is 0. The molecule has 1 aromatic heterocycles. The molecule has 0 bridgehead atoms. The molecular weight excluding hydrogens is 501 g/mol. The summed E-state index contributed by atoms with van der Waals surface area (Å²) in [5, 5.41) is 8.83. The molecule has 2 aromatic carbocycles. The molecule has 0 atom stereocenters. The van der Waals surface area contributed by atoms with Gasteiger partial charge in [0.05, 0.1) is 25.5 Å². The second-order valence-electron chi connectivity index (χ2n) is 9.02. The zero-order valence-electron chi connectivity index (χ0n) is 22.2. The summed E-state index contributed by atoms with van der Waals surface area (Å²) in [6, 6.07) is 15.1. The van der Waals surface area contributed by atoms with Crippen LogP contribution >= 0.6 is 0 Å². The molecule has 1 aliphatic rings. The molecule has 0 radical (unpaired) electrons. The van der Waals surface area contributed by atoms with Gasteiger partial charge >= 0.3 is 0 Å². The molecular formula is C29H32FN5O4. The summed E-state index contributed by atoms with van der Waals surface area (Å²) in [4.78, 5) is 31.2. The van der Waals surface area contributed by atoms with Crippen LogP contribution < -0.4 is 14.4 Å². The van der Waals surface area contributed by atoms with Gasteiger partial charge in [-0.1, -0.05) is 18.2 Å². The fourth-order valence-corrected chi connectivity index (χ4v) is 4.48. The normalized spacial score (nSPS) is 13.4. The second-order valence-corrected chi connectivity index (χ2v) is 9.02. The van der Waals surface area contributed by atoms with Crippen LogP contribution in [0.2, 0.25) is 0 Å². The maximum atomic E-state index is 14.2. The smallest absolute Gasteiger partial charge is 0.257 e. The molecule has 1 saturated heterocycles. The molecule has 0 saturated carbocycles. The minimum Gasteiger partial charge on any atom is -0.493 e. The first-order valence-corrected chi connectivity index (χ1v) is 12.7. The lowest BCUT2D eigenvalue weighted by Crippen LogP contribution is -2.44. The number of aromatic nitrogens is 2. The Bertz CT molecular complexity index is 1320. The maximum absolute atomic E-state index is 14.2. The summed E-state index contributed by atoms with van der Waals surface area (Å²) in [6.45, 7) is 5.95. The van der Waals surface area contributed by atoms with Crippen LogP contribution in [0.4, 0.5) is 10.2 Å². The lowest BCUT2D eigenvalue weighted by atomic mass is 10.1. The zero-order chi connectivity index (χ0) is 27.8. The van der Waals surface area contributed by atoms with Gasteiger partial charge < -0.3 is 24.2 Å². The van der Waals surface area contributed by atoms with Crippen molar-refractivity contribution in [2.75, 3.05) is 58.4 Å². The van der Waals surface area contributed by atoms with Crippen molar-refractivity contribution in [2.24, 2.45) is 0 Å². The predicted octanol–water partition coefficient (Wildman–Crippen LogP) is 3.67. The number of hydrogen-bond donors (Lipinski definition) is 0. The van der Waals surface area contributed by atoms with Crippen molar-refractivity contribution >= 4 is 17.6 Å². The molecule has 2 heterocycles. The molecule has 9 nitrogen and oxygen atoms in total. The van der Waals surface area contributed by atoms with E-state index in [9.17, 15) is 14.0 Å². The topological polar surface area (TPSA) is 88.1 Å². The Morgan fingerprint density at radius 3 is 2.49 bits per heavy atom. The lowest BCUT2D eigenvalue weighted by molar-refractivity contribution is -0.131. The number of ether oxygens (including phenoxy) is 2. The van der Waals surface area contributed by atoms with E-state index < -0.39 is 11.7 Å². The third-order valence-electron chi connectivity index (χ3n) is 6.57. The first-order valence-electron chi connectivity index (χ1n) is 12.7. The maximum Gasteiger partial charge on any atom is 0.257 e.